The van der Waals surface area contributed by atoms with E-state index in [0.29, 0.717) is 16.7 Å². The molecule has 0 radical (unpaired) electrons. The number of ether oxygens (including phenoxy) is 1. The fourth-order valence-electron chi connectivity index (χ4n) is 4.22. The molecule has 2 heterocycles. The van der Waals surface area contributed by atoms with Crippen molar-refractivity contribution in [2.75, 3.05) is 5.32 Å². The SMILES string of the molecule is CCc1ccc(C2C(C(=O)OCc3ccccc3)=C(C)Nc3nc(SCc4ccccc4)nn32)cc1. The van der Waals surface area contributed by atoms with Crippen molar-refractivity contribution in [2.45, 2.75) is 43.8 Å². The molecule has 0 spiro atoms. The Balaban J connectivity index is 1.45. The van der Waals surface area contributed by atoms with Gasteiger partial charge < -0.3 is 10.1 Å². The van der Waals surface area contributed by atoms with E-state index in [1.54, 1.807) is 16.4 Å². The summed E-state index contributed by atoms with van der Waals surface area (Å²) < 4.78 is 7.56. The molecule has 1 N–H and O–H groups in total. The van der Waals surface area contributed by atoms with Crippen molar-refractivity contribution in [1.82, 2.24) is 14.8 Å². The van der Waals surface area contributed by atoms with E-state index in [0.717, 1.165) is 29.0 Å². The van der Waals surface area contributed by atoms with Gasteiger partial charge in [0.05, 0.1) is 5.57 Å². The maximum Gasteiger partial charge on any atom is 0.338 e. The number of hydrogen-bond donors (Lipinski definition) is 1. The zero-order chi connectivity index (χ0) is 24.9. The number of nitrogens with zero attached hydrogens (tertiary/aromatic N) is 3. The van der Waals surface area contributed by atoms with Crippen molar-refractivity contribution in [1.29, 1.82) is 0 Å². The fraction of sp³-hybridized carbons (Fsp3) is 0.207. The number of aryl methyl sites for hydroxylation is 1. The second-order valence-electron chi connectivity index (χ2n) is 8.66. The summed E-state index contributed by atoms with van der Waals surface area (Å²) in [5.74, 6) is 1.01. The minimum absolute atomic E-state index is 0.209. The van der Waals surface area contributed by atoms with Crippen molar-refractivity contribution in [3.05, 3.63) is 118 Å². The van der Waals surface area contributed by atoms with Gasteiger partial charge in [0, 0.05) is 11.4 Å². The molecule has 0 bridgehead atoms. The second-order valence-corrected chi connectivity index (χ2v) is 9.60. The molecule has 4 aromatic rings. The number of allylic oxidation sites excluding steroid dienone is 1. The summed E-state index contributed by atoms with van der Waals surface area (Å²) in [4.78, 5) is 18.2. The minimum atomic E-state index is -0.436. The molecular weight excluding hydrogens is 468 g/mol. The van der Waals surface area contributed by atoms with Gasteiger partial charge in [-0.2, -0.15) is 4.98 Å². The van der Waals surface area contributed by atoms with E-state index in [1.807, 2.05) is 55.5 Å². The number of anilines is 1. The van der Waals surface area contributed by atoms with Gasteiger partial charge in [-0.05, 0) is 35.6 Å². The Kier molecular flexibility index (Phi) is 7.18. The molecule has 0 saturated heterocycles. The van der Waals surface area contributed by atoms with E-state index >= 15 is 0 Å². The first-order chi connectivity index (χ1) is 17.6. The van der Waals surface area contributed by atoms with Crippen LogP contribution < -0.4 is 5.32 Å². The maximum absolute atomic E-state index is 13.4. The van der Waals surface area contributed by atoms with Gasteiger partial charge in [-0.3, -0.25) is 0 Å². The third kappa shape index (κ3) is 5.21. The Hall–Kier alpha value is -3.84. The number of rotatable bonds is 8. The molecule has 1 atom stereocenters. The molecule has 0 amide bonds. The molecule has 0 saturated carbocycles. The Morgan fingerprint density at radius 3 is 2.28 bits per heavy atom. The molecule has 36 heavy (non-hydrogen) atoms. The van der Waals surface area contributed by atoms with Crippen molar-refractivity contribution < 1.29 is 9.53 Å². The predicted octanol–water partition coefficient (Wildman–Crippen LogP) is 6.17. The summed E-state index contributed by atoms with van der Waals surface area (Å²) in [5, 5.41) is 8.76. The summed E-state index contributed by atoms with van der Waals surface area (Å²) in [6.45, 7) is 4.23. The van der Waals surface area contributed by atoms with E-state index in [4.69, 9.17) is 14.8 Å². The van der Waals surface area contributed by atoms with E-state index in [9.17, 15) is 4.79 Å². The van der Waals surface area contributed by atoms with Crippen LogP contribution in [0.15, 0.2) is 101 Å². The van der Waals surface area contributed by atoms with Crippen LogP contribution in [0.4, 0.5) is 5.95 Å². The number of fused-ring (bicyclic) bond motifs is 1. The lowest BCUT2D eigenvalue weighted by atomic mass is 9.95. The Morgan fingerprint density at radius 2 is 1.61 bits per heavy atom. The van der Waals surface area contributed by atoms with Crippen LogP contribution in [0.5, 0.6) is 0 Å². The molecule has 3 aromatic carbocycles. The molecule has 1 aliphatic heterocycles. The number of esters is 1. The lowest BCUT2D eigenvalue weighted by Gasteiger charge is -2.28. The van der Waals surface area contributed by atoms with Gasteiger partial charge in [0.1, 0.15) is 12.6 Å². The summed E-state index contributed by atoms with van der Waals surface area (Å²) >= 11 is 1.57. The van der Waals surface area contributed by atoms with E-state index in [1.165, 1.54) is 11.1 Å². The van der Waals surface area contributed by atoms with Crippen molar-refractivity contribution in [2.24, 2.45) is 0 Å². The largest absolute Gasteiger partial charge is 0.457 e. The minimum Gasteiger partial charge on any atom is -0.457 e. The highest BCUT2D eigenvalue weighted by atomic mass is 32.2. The van der Waals surface area contributed by atoms with Crippen molar-refractivity contribution in [3.8, 4) is 0 Å². The summed E-state index contributed by atoms with van der Waals surface area (Å²) in [5.41, 5.74) is 5.60. The van der Waals surface area contributed by atoms with Gasteiger partial charge in [0.15, 0.2) is 0 Å². The zero-order valence-electron chi connectivity index (χ0n) is 20.3. The number of nitrogens with one attached hydrogen (secondary N) is 1. The Bertz CT molecular complexity index is 1370. The summed E-state index contributed by atoms with van der Waals surface area (Å²) in [6, 6.07) is 27.8. The van der Waals surface area contributed by atoms with Crippen molar-refractivity contribution in [3.63, 3.8) is 0 Å². The third-order valence-corrected chi connectivity index (χ3v) is 7.09. The first kappa shape index (κ1) is 23.9. The lowest BCUT2D eigenvalue weighted by molar-refractivity contribution is -0.140. The number of hydrogen-bond acceptors (Lipinski definition) is 6. The molecule has 1 aromatic heterocycles. The maximum atomic E-state index is 13.4. The molecule has 6 nitrogen and oxygen atoms in total. The smallest absolute Gasteiger partial charge is 0.338 e. The number of carbonyl (C=O) groups excluding carboxylic acids is 1. The Labute approximate surface area is 215 Å². The average Bonchev–Trinajstić information content (AvgIpc) is 3.33. The molecule has 1 unspecified atom stereocenters. The predicted molar refractivity (Wildman–Crippen MR) is 143 cm³/mol. The topological polar surface area (TPSA) is 69.0 Å². The number of thioether (sulfide) groups is 1. The number of carbonyl (C=O) groups is 1. The number of benzene rings is 3. The van der Waals surface area contributed by atoms with Crippen LogP contribution in [0.25, 0.3) is 0 Å². The first-order valence-corrected chi connectivity index (χ1v) is 13.0. The van der Waals surface area contributed by atoms with Crippen LogP contribution in [-0.4, -0.2) is 20.7 Å². The standard InChI is InChI=1S/C29H28N4O2S/c1-3-21-14-16-24(17-15-21)26-25(27(34)35-18-22-10-6-4-7-11-22)20(2)30-28-31-29(32-33(26)28)36-19-23-12-8-5-9-13-23/h4-17,26H,3,18-19H2,1-2H3,(H,30,31,32). The van der Waals surface area contributed by atoms with E-state index in [-0.39, 0.29) is 12.6 Å². The van der Waals surface area contributed by atoms with Gasteiger partial charge in [-0.15, -0.1) is 5.10 Å². The van der Waals surface area contributed by atoms with Crippen molar-refractivity contribution >= 4 is 23.7 Å². The molecule has 0 aliphatic carbocycles. The van der Waals surface area contributed by atoms with E-state index < -0.39 is 6.04 Å². The summed E-state index contributed by atoms with van der Waals surface area (Å²) in [6.07, 6.45) is 0.947. The molecule has 0 fully saturated rings. The normalized spacial score (nSPS) is 14.8. The van der Waals surface area contributed by atoms with Gasteiger partial charge in [0.25, 0.3) is 0 Å². The zero-order valence-corrected chi connectivity index (χ0v) is 21.2. The van der Waals surface area contributed by atoms with Crippen LogP contribution in [0.2, 0.25) is 0 Å². The lowest BCUT2D eigenvalue weighted by Crippen LogP contribution is -2.29. The molecular formula is C29H28N4O2S. The van der Waals surface area contributed by atoms with Crippen LogP contribution >= 0.6 is 11.8 Å². The van der Waals surface area contributed by atoms with Crippen LogP contribution in [-0.2, 0) is 28.3 Å². The van der Waals surface area contributed by atoms with Gasteiger partial charge >= 0.3 is 5.97 Å². The molecule has 7 heteroatoms. The van der Waals surface area contributed by atoms with Crippen LogP contribution in [0.1, 0.15) is 42.1 Å². The first-order valence-electron chi connectivity index (χ1n) is 12.0. The molecule has 5 rings (SSSR count). The van der Waals surface area contributed by atoms with Crippen LogP contribution in [0, 0.1) is 0 Å². The highest BCUT2D eigenvalue weighted by Crippen LogP contribution is 2.37. The Morgan fingerprint density at radius 1 is 0.944 bits per heavy atom. The van der Waals surface area contributed by atoms with E-state index in [2.05, 4.69) is 48.6 Å². The van der Waals surface area contributed by atoms with Gasteiger partial charge in [0.2, 0.25) is 11.1 Å². The van der Waals surface area contributed by atoms with Gasteiger partial charge in [-0.25, -0.2) is 9.48 Å². The monoisotopic (exact) mass is 496 g/mol. The quantitative estimate of drug-likeness (QED) is 0.233. The molecule has 1 aliphatic rings. The molecule has 182 valence electrons. The number of aromatic nitrogens is 3. The average molecular weight is 497 g/mol. The third-order valence-electron chi connectivity index (χ3n) is 6.18. The second kappa shape index (κ2) is 10.8. The highest BCUT2D eigenvalue weighted by molar-refractivity contribution is 7.98. The highest BCUT2D eigenvalue weighted by Gasteiger charge is 2.35. The summed E-state index contributed by atoms with van der Waals surface area (Å²) in [7, 11) is 0. The van der Waals surface area contributed by atoms with Crippen LogP contribution in [0.3, 0.4) is 0 Å². The van der Waals surface area contributed by atoms with Gasteiger partial charge in [-0.1, -0.05) is 104 Å². The fourth-order valence-corrected chi connectivity index (χ4v) is 5.01.